The van der Waals surface area contributed by atoms with E-state index in [0.29, 0.717) is 25.6 Å². The van der Waals surface area contributed by atoms with Gasteiger partial charge >= 0.3 is 6.03 Å². The molecular formula is C18H32N4O3. The van der Waals surface area contributed by atoms with Crippen molar-refractivity contribution in [3.63, 3.8) is 0 Å². The molecule has 2 saturated heterocycles. The second-order valence-corrected chi connectivity index (χ2v) is 7.37. The van der Waals surface area contributed by atoms with E-state index in [1.807, 2.05) is 11.8 Å². The molecule has 0 saturated carbocycles. The zero-order valence-electron chi connectivity index (χ0n) is 15.7. The lowest BCUT2D eigenvalue weighted by Gasteiger charge is -2.38. The molecule has 7 nitrogen and oxygen atoms in total. The van der Waals surface area contributed by atoms with E-state index in [1.165, 1.54) is 6.42 Å². The highest BCUT2D eigenvalue weighted by Gasteiger charge is 2.33. The summed E-state index contributed by atoms with van der Waals surface area (Å²) >= 11 is 0. The van der Waals surface area contributed by atoms with Crippen LogP contribution >= 0.6 is 0 Å². The van der Waals surface area contributed by atoms with Crippen LogP contribution in [0, 0.1) is 11.8 Å². The van der Waals surface area contributed by atoms with Crippen LogP contribution in [0.2, 0.25) is 0 Å². The first-order valence-electron chi connectivity index (χ1n) is 9.53. The zero-order chi connectivity index (χ0) is 18.4. The number of likely N-dealkylation sites (tertiary alicyclic amines) is 2. The Labute approximate surface area is 150 Å². The number of amides is 4. The number of carbonyl (C=O) groups is 3. The molecule has 0 aromatic carbocycles. The van der Waals surface area contributed by atoms with Gasteiger partial charge in [0.15, 0.2) is 0 Å². The molecule has 0 aromatic heterocycles. The smallest absolute Gasteiger partial charge is 0.321 e. The third kappa shape index (κ3) is 5.42. The Balaban J connectivity index is 1.79. The summed E-state index contributed by atoms with van der Waals surface area (Å²) in [5.41, 5.74) is 0. The Hall–Kier alpha value is -1.63. The van der Waals surface area contributed by atoms with Crippen molar-refractivity contribution in [1.82, 2.24) is 20.4 Å². The molecule has 142 valence electrons. The Bertz CT molecular complexity index is 489. The first-order chi connectivity index (χ1) is 11.9. The maximum absolute atomic E-state index is 12.7. The first-order valence-corrected chi connectivity index (χ1v) is 9.53. The number of rotatable bonds is 4. The van der Waals surface area contributed by atoms with Crippen molar-refractivity contribution < 1.29 is 14.4 Å². The lowest BCUT2D eigenvalue weighted by Crippen LogP contribution is -2.53. The summed E-state index contributed by atoms with van der Waals surface area (Å²) in [6.45, 7) is 9.49. The molecule has 0 aliphatic carbocycles. The van der Waals surface area contributed by atoms with Crippen molar-refractivity contribution in [2.75, 3.05) is 32.7 Å². The average molecular weight is 352 g/mol. The van der Waals surface area contributed by atoms with Crippen LogP contribution in [0.25, 0.3) is 0 Å². The largest absolute Gasteiger partial charge is 0.342 e. The highest BCUT2D eigenvalue weighted by molar-refractivity contribution is 5.96. The molecule has 7 heteroatoms. The Morgan fingerprint density at radius 1 is 1.12 bits per heavy atom. The summed E-state index contributed by atoms with van der Waals surface area (Å²) in [6, 6.07) is -0.822. The molecule has 0 radical (unpaired) electrons. The molecular weight excluding hydrogens is 320 g/mol. The molecule has 2 aliphatic rings. The Kier molecular flexibility index (Phi) is 7.23. The minimum absolute atomic E-state index is 0.0696. The van der Waals surface area contributed by atoms with Gasteiger partial charge < -0.3 is 10.2 Å². The van der Waals surface area contributed by atoms with Crippen molar-refractivity contribution in [2.24, 2.45) is 11.8 Å². The molecule has 2 atom stereocenters. The Morgan fingerprint density at radius 3 is 2.40 bits per heavy atom. The van der Waals surface area contributed by atoms with Crippen molar-refractivity contribution in [2.45, 2.75) is 52.5 Å². The van der Waals surface area contributed by atoms with Crippen molar-refractivity contribution >= 4 is 17.8 Å². The van der Waals surface area contributed by atoms with Crippen molar-refractivity contribution in [3.8, 4) is 0 Å². The lowest BCUT2D eigenvalue weighted by atomic mass is 9.92. The fourth-order valence-corrected chi connectivity index (χ4v) is 3.77. The van der Waals surface area contributed by atoms with Crippen molar-refractivity contribution in [1.29, 1.82) is 0 Å². The third-order valence-corrected chi connectivity index (χ3v) is 5.35. The van der Waals surface area contributed by atoms with E-state index >= 15 is 0 Å². The van der Waals surface area contributed by atoms with Crippen LogP contribution in [0.5, 0.6) is 0 Å². The fraction of sp³-hybridized carbons (Fsp3) is 0.833. The predicted octanol–water partition coefficient (Wildman–Crippen LogP) is 1.19. The van der Waals surface area contributed by atoms with E-state index in [2.05, 4.69) is 22.5 Å². The van der Waals surface area contributed by atoms with Gasteiger partial charge in [-0.25, -0.2) is 4.79 Å². The number of carbonyl (C=O) groups excluding carboxylic acids is 3. The SMILES string of the molecule is CCNC(=O)NC(=O)[C@H](C)N1CCC(C(=O)N2CCC[C@H](C)C2)CC1. The molecule has 0 spiro atoms. The van der Waals surface area contributed by atoms with Gasteiger partial charge in [-0.2, -0.15) is 0 Å². The van der Waals surface area contributed by atoms with Crippen LogP contribution in [0.1, 0.15) is 46.5 Å². The maximum Gasteiger partial charge on any atom is 0.321 e. The van der Waals surface area contributed by atoms with E-state index in [4.69, 9.17) is 0 Å². The number of nitrogens with zero attached hydrogens (tertiary/aromatic N) is 2. The van der Waals surface area contributed by atoms with Gasteiger partial charge in [0.25, 0.3) is 0 Å². The second kappa shape index (κ2) is 9.17. The molecule has 2 aliphatic heterocycles. The van der Waals surface area contributed by atoms with Crippen LogP contribution in [-0.4, -0.2) is 66.4 Å². The van der Waals surface area contributed by atoms with E-state index in [0.717, 1.165) is 32.4 Å². The molecule has 0 aromatic rings. The van der Waals surface area contributed by atoms with Gasteiger partial charge in [0, 0.05) is 25.6 Å². The van der Waals surface area contributed by atoms with Crippen LogP contribution < -0.4 is 10.6 Å². The van der Waals surface area contributed by atoms with Gasteiger partial charge in [-0.15, -0.1) is 0 Å². The first kappa shape index (κ1) is 19.7. The second-order valence-electron chi connectivity index (χ2n) is 7.37. The normalized spacial score (nSPS) is 23.8. The molecule has 2 fully saturated rings. The van der Waals surface area contributed by atoms with Gasteiger partial charge in [0.05, 0.1) is 6.04 Å². The summed E-state index contributed by atoms with van der Waals surface area (Å²) < 4.78 is 0. The summed E-state index contributed by atoms with van der Waals surface area (Å²) in [5, 5.41) is 4.92. The van der Waals surface area contributed by atoms with E-state index in [9.17, 15) is 14.4 Å². The quantitative estimate of drug-likeness (QED) is 0.796. The molecule has 0 unspecified atom stereocenters. The summed E-state index contributed by atoms with van der Waals surface area (Å²) in [5.74, 6) is 0.655. The van der Waals surface area contributed by atoms with Gasteiger partial charge in [-0.1, -0.05) is 6.92 Å². The lowest BCUT2D eigenvalue weighted by molar-refractivity contribution is -0.139. The molecule has 2 N–H and O–H groups in total. The molecule has 4 amide bonds. The van der Waals surface area contributed by atoms with Gasteiger partial charge in [0.2, 0.25) is 11.8 Å². The molecule has 2 heterocycles. The molecule has 25 heavy (non-hydrogen) atoms. The number of piperidine rings is 2. The summed E-state index contributed by atoms with van der Waals surface area (Å²) in [4.78, 5) is 40.4. The van der Waals surface area contributed by atoms with E-state index in [1.54, 1.807) is 6.92 Å². The zero-order valence-corrected chi connectivity index (χ0v) is 15.7. The van der Waals surface area contributed by atoms with E-state index < -0.39 is 6.03 Å². The van der Waals surface area contributed by atoms with Crippen LogP contribution in [0.15, 0.2) is 0 Å². The number of hydrogen-bond donors (Lipinski definition) is 2. The third-order valence-electron chi connectivity index (χ3n) is 5.35. The maximum atomic E-state index is 12.7. The molecule has 0 bridgehead atoms. The number of urea groups is 1. The highest BCUT2D eigenvalue weighted by atomic mass is 16.2. The number of hydrogen-bond acceptors (Lipinski definition) is 4. The average Bonchev–Trinajstić information content (AvgIpc) is 2.60. The van der Waals surface area contributed by atoms with Crippen LogP contribution in [0.3, 0.4) is 0 Å². The van der Waals surface area contributed by atoms with Gasteiger partial charge in [0.1, 0.15) is 0 Å². The summed E-state index contributed by atoms with van der Waals surface area (Å²) in [7, 11) is 0. The highest BCUT2D eigenvalue weighted by Crippen LogP contribution is 2.24. The predicted molar refractivity (Wildman–Crippen MR) is 96.0 cm³/mol. The monoisotopic (exact) mass is 352 g/mol. The van der Waals surface area contributed by atoms with Gasteiger partial charge in [-0.3, -0.25) is 19.8 Å². The van der Waals surface area contributed by atoms with Crippen LogP contribution in [0.4, 0.5) is 4.79 Å². The molecule has 2 rings (SSSR count). The van der Waals surface area contributed by atoms with Gasteiger partial charge in [-0.05, 0) is 58.5 Å². The summed E-state index contributed by atoms with van der Waals surface area (Å²) in [6.07, 6.45) is 3.87. The van der Waals surface area contributed by atoms with Crippen molar-refractivity contribution in [3.05, 3.63) is 0 Å². The minimum atomic E-state index is -0.455. The van der Waals surface area contributed by atoms with E-state index in [-0.39, 0.29) is 23.8 Å². The topological polar surface area (TPSA) is 81.8 Å². The number of nitrogens with one attached hydrogen (secondary N) is 2. The standard InChI is InChI=1S/C18H32N4O3/c1-4-19-18(25)20-16(23)14(3)21-10-7-15(8-11-21)17(24)22-9-5-6-13(2)12-22/h13-15H,4-12H2,1-3H3,(H2,19,20,23,25)/t13-,14-/m0/s1. The fourth-order valence-electron chi connectivity index (χ4n) is 3.77. The van der Waals surface area contributed by atoms with Crippen LogP contribution in [-0.2, 0) is 9.59 Å². The Morgan fingerprint density at radius 2 is 1.80 bits per heavy atom. The number of imide groups is 1. The minimum Gasteiger partial charge on any atom is -0.342 e.